The molecule has 0 atom stereocenters. The van der Waals surface area contributed by atoms with Crippen molar-refractivity contribution < 1.29 is 22.5 Å². The first-order chi connectivity index (χ1) is 9.38. The molecule has 0 aliphatic carbocycles. The van der Waals surface area contributed by atoms with Crippen molar-refractivity contribution >= 4 is 5.91 Å². The molecule has 0 aliphatic rings. The van der Waals surface area contributed by atoms with Crippen molar-refractivity contribution in [2.75, 3.05) is 0 Å². The molecular formula is C13H11F3N2O2. The van der Waals surface area contributed by atoms with Crippen molar-refractivity contribution in [3.05, 3.63) is 52.9 Å². The summed E-state index contributed by atoms with van der Waals surface area (Å²) in [7, 11) is 0. The second kappa shape index (κ2) is 5.36. The summed E-state index contributed by atoms with van der Waals surface area (Å²) < 4.78 is 42.1. The van der Waals surface area contributed by atoms with Gasteiger partial charge in [0.1, 0.15) is 6.26 Å². The molecule has 0 spiro atoms. The minimum Gasteiger partial charge on any atom is -0.364 e. The highest BCUT2D eigenvalue weighted by atomic mass is 19.4. The van der Waals surface area contributed by atoms with Crippen LogP contribution in [-0.2, 0) is 12.7 Å². The maximum absolute atomic E-state index is 12.5. The van der Waals surface area contributed by atoms with E-state index in [2.05, 4.69) is 15.0 Å². The number of amides is 1. The summed E-state index contributed by atoms with van der Waals surface area (Å²) in [5.74, 6) is -0.446. The van der Waals surface area contributed by atoms with E-state index in [1.54, 1.807) is 6.92 Å². The van der Waals surface area contributed by atoms with Crippen LogP contribution in [0.5, 0.6) is 0 Å². The van der Waals surface area contributed by atoms with E-state index in [-0.39, 0.29) is 12.2 Å². The van der Waals surface area contributed by atoms with Gasteiger partial charge in [-0.25, -0.2) is 0 Å². The molecule has 1 N–H and O–H groups in total. The van der Waals surface area contributed by atoms with Crippen LogP contribution in [0.4, 0.5) is 13.2 Å². The first-order valence-electron chi connectivity index (χ1n) is 5.73. The monoisotopic (exact) mass is 284 g/mol. The molecule has 1 aromatic heterocycles. The largest absolute Gasteiger partial charge is 0.416 e. The molecule has 0 aliphatic heterocycles. The topological polar surface area (TPSA) is 55.1 Å². The maximum Gasteiger partial charge on any atom is 0.416 e. The molecule has 2 rings (SSSR count). The van der Waals surface area contributed by atoms with E-state index >= 15 is 0 Å². The van der Waals surface area contributed by atoms with Gasteiger partial charge in [0.05, 0.1) is 5.56 Å². The zero-order chi connectivity index (χ0) is 14.8. The Bertz CT molecular complexity index is 607. The third kappa shape index (κ3) is 3.17. The number of halogens is 3. The summed E-state index contributed by atoms with van der Waals surface area (Å²) in [6, 6.07) is 4.79. The third-order valence-corrected chi connectivity index (χ3v) is 2.78. The molecule has 1 amide bonds. The number of carbonyl (C=O) groups excluding carboxylic acids is 1. The van der Waals surface area contributed by atoms with Gasteiger partial charge in [-0.1, -0.05) is 11.2 Å². The number of rotatable bonds is 3. The lowest BCUT2D eigenvalue weighted by molar-refractivity contribution is -0.137. The molecule has 0 bridgehead atoms. The van der Waals surface area contributed by atoms with E-state index in [0.29, 0.717) is 11.1 Å². The molecule has 0 saturated heterocycles. The van der Waals surface area contributed by atoms with E-state index in [0.717, 1.165) is 12.1 Å². The Kier molecular flexibility index (Phi) is 3.78. The van der Waals surface area contributed by atoms with Crippen LogP contribution in [0, 0.1) is 6.92 Å². The Morgan fingerprint density at radius 1 is 1.35 bits per heavy atom. The number of carbonyl (C=O) groups is 1. The lowest BCUT2D eigenvalue weighted by atomic mass is 10.0. The van der Waals surface area contributed by atoms with E-state index in [1.807, 2.05) is 0 Å². The van der Waals surface area contributed by atoms with Crippen molar-refractivity contribution in [2.45, 2.75) is 19.6 Å². The second-order valence-corrected chi connectivity index (χ2v) is 4.21. The average molecular weight is 284 g/mol. The van der Waals surface area contributed by atoms with Crippen LogP contribution in [0.1, 0.15) is 27.2 Å². The van der Waals surface area contributed by atoms with Gasteiger partial charge < -0.3 is 9.84 Å². The Morgan fingerprint density at radius 2 is 2.10 bits per heavy atom. The van der Waals surface area contributed by atoms with Gasteiger partial charge in [0.2, 0.25) is 0 Å². The highest BCUT2D eigenvalue weighted by Gasteiger charge is 2.30. The Hall–Kier alpha value is -2.31. The Morgan fingerprint density at radius 3 is 2.65 bits per heavy atom. The average Bonchev–Trinajstić information content (AvgIpc) is 2.89. The quantitative estimate of drug-likeness (QED) is 0.942. The molecule has 4 nitrogen and oxygen atoms in total. The van der Waals surface area contributed by atoms with Gasteiger partial charge in [-0.2, -0.15) is 13.2 Å². The zero-order valence-corrected chi connectivity index (χ0v) is 10.5. The van der Waals surface area contributed by atoms with Crippen LogP contribution in [0.25, 0.3) is 0 Å². The van der Waals surface area contributed by atoms with Crippen LogP contribution in [-0.4, -0.2) is 11.1 Å². The molecule has 1 aromatic carbocycles. The van der Waals surface area contributed by atoms with Crippen molar-refractivity contribution in [3.63, 3.8) is 0 Å². The first kappa shape index (κ1) is 14.1. The van der Waals surface area contributed by atoms with E-state index < -0.39 is 17.6 Å². The van der Waals surface area contributed by atoms with Gasteiger partial charge in [0, 0.05) is 12.6 Å². The Balaban J connectivity index is 2.06. The maximum atomic E-state index is 12.5. The molecular weight excluding hydrogens is 273 g/mol. The molecule has 0 saturated carbocycles. The summed E-state index contributed by atoms with van der Waals surface area (Å²) in [4.78, 5) is 11.6. The van der Waals surface area contributed by atoms with Crippen LogP contribution in [0.15, 0.2) is 35.1 Å². The summed E-state index contributed by atoms with van der Waals surface area (Å²) in [6.07, 6.45) is -3.11. The predicted molar refractivity (Wildman–Crippen MR) is 63.9 cm³/mol. The van der Waals surface area contributed by atoms with Gasteiger partial charge in [0.25, 0.3) is 5.91 Å². The van der Waals surface area contributed by atoms with Gasteiger partial charge in [-0.3, -0.25) is 4.79 Å². The highest BCUT2D eigenvalue weighted by molar-refractivity contribution is 5.91. The number of alkyl halides is 3. The van der Waals surface area contributed by atoms with Gasteiger partial charge in [-0.15, -0.1) is 0 Å². The lowest BCUT2D eigenvalue weighted by Crippen LogP contribution is -2.23. The first-order valence-corrected chi connectivity index (χ1v) is 5.73. The van der Waals surface area contributed by atoms with Crippen LogP contribution >= 0.6 is 0 Å². The van der Waals surface area contributed by atoms with E-state index in [4.69, 9.17) is 0 Å². The minimum atomic E-state index is -4.37. The summed E-state index contributed by atoms with van der Waals surface area (Å²) >= 11 is 0. The van der Waals surface area contributed by atoms with Gasteiger partial charge >= 0.3 is 6.18 Å². The number of nitrogens with zero attached hydrogens (tertiary/aromatic N) is 1. The normalized spacial score (nSPS) is 11.4. The van der Waals surface area contributed by atoms with E-state index in [1.165, 1.54) is 18.4 Å². The highest BCUT2D eigenvalue weighted by Crippen LogP contribution is 2.30. The number of hydrogen-bond acceptors (Lipinski definition) is 3. The zero-order valence-electron chi connectivity index (χ0n) is 10.5. The predicted octanol–water partition coefficient (Wildman–Crippen LogP) is 2.93. The van der Waals surface area contributed by atoms with Crippen LogP contribution in [0.3, 0.4) is 0 Å². The summed E-state index contributed by atoms with van der Waals surface area (Å²) in [5.41, 5.74) is 0.478. The summed E-state index contributed by atoms with van der Waals surface area (Å²) in [6.45, 7) is 1.68. The molecule has 0 unspecified atom stereocenters. The molecule has 0 radical (unpaired) electrons. The smallest absolute Gasteiger partial charge is 0.364 e. The number of aromatic nitrogens is 1. The lowest BCUT2D eigenvalue weighted by Gasteiger charge is -2.11. The fourth-order valence-corrected chi connectivity index (χ4v) is 1.67. The number of benzene rings is 1. The fraction of sp³-hybridized carbons (Fsp3) is 0.231. The standard InChI is InChI=1S/C13H11F3N2O2/c1-8-6-10(13(14,15)16)3-2-9(8)7-17-12(19)11-4-5-20-18-11/h2-6H,7H2,1H3,(H,17,19). The molecule has 106 valence electrons. The van der Waals surface area contributed by atoms with Crippen molar-refractivity contribution in [1.29, 1.82) is 0 Å². The van der Waals surface area contributed by atoms with E-state index in [9.17, 15) is 18.0 Å². The SMILES string of the molecule is Cc1cc(C(F)(F)F)ccc1CNC(=O)c1ccon1. The van der Waals surface area contributed by atoms with Gasteiger partial charge in [-0.05, 0) is 30.2 Å². The van der Waals surface area contributed by atoms with Crippen molar-refractivity contribution in [1.82, 2.24) is 10.5 Å². The second-order valence-electron chi connectivity index (χ2n) is 4.21. The number of aryl methyl sites for hydroxylation is 1. The van der Waals surface area contributed by atoms with Crippen LogP contribution < -0.4 is 5.32 Å². The summed E-state index contributed by atoms with van der Waals surface area (Å²) in [5, 5.41) is 6.02. The molecule has 1 heterocycles. The molecule has 7 heteroatoms. The van der Waals surface area contributed by atoms with Crippen molar-refractivity contribution in [3.8, 4) is 0 Å². The molecule has 20 heavy (non-hydrogen) atoms. The van der Waals surface area contributed by atoms with Crippen LogP contribution in [0.2, 0.25) is 0 Å². The fourth-order valence-electron chi connectivity index (χ4n) is 1.67. The van der Waals surface area contributed by atoms with Crippen molar-refractivity contribution in [2.24, 2.45) is 0 Å². The third-order valence-electron chi connectivity index (χ3n) is 2.78. The number of nitrogens with one attached hydrogen (secondary N) is 1. The number of hydrogen-bond donors (Lipinski definition) is 1. The van der Waals surface area contributed by atoms with Gasteiger partial charge in [0.15, 0.2) is 5.69 Å². The molecule has 2 aromatic rings. The minimum absolute atomic E-state index is 0.120. The molecule has 0 fully saturated rings. The Labute approximate surface area is 112 Å².